The summed E-state index contributed by atoms with van der Waals surface area (Å²) in [5.74, 6) is 1.08. The smallest absolute Gasteiger partial charge is 0.132 e. The summed E-state index contributed by atoms with van der Waals surface area (Å²) in [4.78, 5) is 11.0. The van der Waals surface area contributed by atoms with Crippen LogP contribution in [0, 0.1) is 0 Å². The maximum Gasteiger partial charge on any atom is 0.132 e. The molecule has 0 saturated carbocycles. The average molecular weight is 231 g/mol. The SMILES string of the molecule is CCC/C=C/c1cc(N2CCCCC2)ncn1. The quantitative estimate of drug-likeness (QED) is 0.796. The molecule has 0 atom stereocenters. The molecule has 2 heterocycles. The minimum absolute atomic E-state index is 1.02. The van der Waals surface area contributed by atoms with Gasteiger partial charge < -0.3 is 4.90 Å². The van der Waals surface area contributed by atoms with Gasteiger partial charge >= 0.3 is 0 Å². The van der Waals surface area contributed by atoms with Crippen LogP contribution in [0.4, 0.5) is 5.82 Å². The van der Waals surface area contributed by atoms with E-state index in [4.69, 9.17) is 0 Å². The Morgan fingerprint density at radius 2 is 2.06 bits per heavy atom. The molecular weight excluding hydrogens is 210 g/mol. The van der Waals surface area contributed by atoms with Gasteiger partial charge in [-0.1, -0.05) is 19.4 Å². The lowest BCUT2D eigenvalue weighted by molar-refractivity contribution is 0.573. The molecule has 0 spiro atoms. The molecule has 3 heteroatoms. The van der Waals surface area contributed by atoms with E-state index in [0.29, 0.717) is 0 Å². The van der Waals surface area contributed by atoms with Crippen LogP contribution in [0.25, 0.3) is 6.08 Å². The summed E-state index contributed by atoms with van der Waals surface area (Å²) in [5, 5.41) is 0. The standard InChI is InChI=1S/C14H21N3/c1-2-3-5-8-13-11-14(16-12-15-13)17-9-6-4-7-10-17/h5,8,11-12H,2-4,6-7,9-10H2,1H3/b8-5+. The van der Waals surface area contributed by atoms with Crippen molar-refractivity contribution < 1.29 is 0 Å². The lowest BCUT2D eigenvalue weighted by atomic mass is 10.1. The number of hydrogen-bond acceptors (Lipinski definition) is 3. The van der Waals surface area contributed by atoms with Crippen molar-refractivity contribution in [1.82, 2.24) is 9.97 Å². The van der Waals surface area contributed by atoms with Crippen LogP contribution >= 0.6 is 0 Å². The molecule has 1 fully saturated rings. The van der Waals surface area contributed by atoms with Crippen LogP contribution in [-0.4, -0.2) is 23.1 Å². The van der Waals surface area contributed by atoms with Gasteiger partial charge in [0.15, 0.2) is 0 Å². The molecule has 1 aromatic rings. The zero-order chi connectivity index (χ0) is 11.9. The molecule has 0 radical (unpaired) electrons. The van der Waals surface area contributed by atoms with Gasteiger partial charge in [0.05, 0.1) is 5.69 Å². The summed E-state index contributed by atoms with van der Waals surface area (Å²) in [6.07, 6.45) is 12.2. The number of unbranched alkanes of at least 4 members (excludes halogenated alkanes) is 1. The number of allylic oxidation sites excluding steroid dienone is 1. The lowest BCUT2D eigenvalue weighted by Crippen LogP contribution is -2.30. The van der Waals surface area contributed by atoms with Crippen molar-refractivity contribution in [1.29, 1.82) is 0 Å². The minimum atomic E-state index is 1.02. The van der Waals surface area contributed by atoms with Crippen LogP contribution in [-0.2, 0) is 0 Å². The number of piperidine rings is 1. The molecule has 0 N–H and O–H groups in total. The van der Waals surface area contributed by atoms with Crippen molar-refractivity contribution in [2.24, 2.45) is 0 Å². The van der Waals surface area contributed by atoms with E-state index in [2.05, 4.69) is 40.0 Å². The van der Waals surface area contributed by atoms with Gasteiger partial charge in [0.1, 0.15) is 12.1 Å². The first-order chi connectivity index (χ1) is 8.40. The summed E-state index contributed by atoms with van der Waals surface area (Å²) in [5.41, 5.74) is 1.02. The summed E-state index contributed by atoms with van der Waals surface area (Å²) in [6.45, 7) is 4.45. The molecular formula is C14H21N3. The first kappa shape index (κ1) is 12.1. The highest BCUT2D eigenvalue weighted by atomic mass is 15.2. The van der Waals surface area contributed by atoms with E-state index < -0.39 is 0 Å². The molecule has 3 nitrogen and oxygen atoms in total. The molecule has 0 aromatic carbocycles. The van der Waals surface area contributed by atoms with Gasteiger partial charge in [0.2, 0.25) is 0 Å². The van der Waals surface area contributed by atoms with E-state index >= 15 is 0 Å². The first-order valence-corrected chi connectivity index (χ1v) is 6.63. The normalized spacial score (nSPS) is 16.6. The highest BCUT2D eigenvalue weighted by molar-refractivity contribution is 5.51. The number of hydrogen-bond donors (Lipinski definition) is 0. The van der Waals surface area contributed by atoms with Gasteiger partial charge in [-0.05, 0) is 31.8 Å². The van der Waals surface area contributed by atoms with Crippen LogP contribution in [0.15, 0.2) is 18.5 Å². The molecule has 2 rings (SSSR count). The van der Waals surface area contributed by atoms with Crippen molar-refractivity contribution in [2.45, 2.75) is 39.0 Å². The van der Waals surface area contributed by atoms with E-state index in [1.165, 1.54) is 25.7 Å². The van der Waals surface area contributed by atoms with Gasteiger partial charge in [0, 0.05) is 19.2 Å². The Balaban J connectivity index is 2.05. The largest absolute Gasteiger partial charge is 0.357 e. The highest BCUT2D eigenvalue weighted by Crippen LogP contribution is 2.17. The van der Waals surface area contributed by atoms with Crippen LogP contribution in [0.2, 0.25) is 0 Å². The van der Waals surface area contributed by atoms with Crippen molar-refractivity contribution in [2.75, 3.05) is 18.0 Å². The summed E-state index contributed by atoms with van der Waals surface area (Å²) < 4.78 is 0. The molecule has 0 unspecified atom stereocenters. The molecule has 0 aliphatic carbocycles. The fourth-order valence-corrected chi connectivity index (χ4v) is 2.12. The van der Waals surface area contributed by atoms with Crippen molar-refractivity contribution >= 4 is 11.9 Å². The molecule has 0 amide bonds. The fraction of sp³-hybridized carbons (Fsp3) is 0.571. The third-order valence-corrected chi connectivity index (χ3v) is 3.10. The maximum atomic E-state index is 4.37. The molecule has 1 aliphatic rings. The van der Waals surface area contributed by atoms with Crippen molar-refractivity contribution in [3.8, 4) is 0 Å². The second-order valence-corrected chi connectivity index (χ2v) is 4.54. The van der Waals surface area contributed by atoms with E-state index in [-0.39, 0.29) is 0 Å². The predicted octanol–water partition coefficient (Wildman–Crippen LogP) is 3.28. The lowest BCUT2D eigenvalue weighted by Gasteiger charge is -2.27. The average Bonchev–Trinajstić information content (AvgIpc) is 2.41. The topological polar surface area (TPSA) is 29.0 Å². The Morgan fingerprint density at radius 1 is 1.24 bits per heavy atom. The number of rotatable bonds is 4. The minimum Gasteiger partial charge on any atom is -0.357 e. The number of aromatic nitrogens is 2. The summed E-state index contributed by atoms with van der Waals surface area (Å²) >= 11 is 0. The Hall–Kier alpha value is -1.38. The summed E-state index contributed by atoms with van der Waals surface area (Å²) in [7, 11) is 0. The predicted molar refractivity (Wildman–Crippen MR) is 72.0 cm³/mol. The second-order valence-electron chi connectivity index (χ2n) is 4.54. The van der Waals surface area contributed by atoms with Crippen molar-refractivity contribution in [3.05, 3.63) is 24.2 Å². The van der Waals surface area contributed by atoms with Gasteiger partial charge in [-0.25, -0.2) is 9.97 Å². The van der Waals surface area contributed by atoms with Crippen LogP contribution < -0.4 is 4.90 Å². The molecule has 1 aliphatic heterocycles. The fourth-order valence-electron chi connectivity index (χ4n) is 2.12. The van der Waals surface area contributed by atoms with E-state index in [1.54, 1.807) is 6.33 Å². The third-order valence-electron chi connectivity index (χ3n) is 3.10. The molecule has 1 saturated heterocycles. The van der Waals surface area contributed by atoms with Crippen molar-refractivity contribution in [3.63, 3.8) is 0 Å². The van der Waals surface area contributed by atoms with E-state index in [1.807, 2.05) is 0 Å². The molecule has 1 aromatic heterocycles. The van der Waals surface area contributed by atoms with Gasteiger partial charge in [-0.15, -0.1) is 0 Å². The highest BCUT2D eigenvalue weighted by Gasteiger charge is 2.11. The Labute approximate surface area is 104 Å². The van der Waals surface area contributed by atoms with E-state index in [0.717, 1.165) is 31.0 Å². The third kappa shape index (κ3) is 3.55. The Morgan fingerprint density at radius 3 is 2.82 bits per heavy atom. The number of nitrogens with zero attached hydrogens (tertiary/aromatic N) is 3. The van der Waals surface area contributed by atoms with Crippen LogP contribution in [0.1, 0.15) is 44.7 Å². The Kier molecular flexibility index (Phi) is 4.54. The Bertz CT molecular complexity index is 367. The maximum absolute atomic E-state index is 4.37. The van der Waals surface area contributed by atoms with Gasteiger partial charge in [-0.3, -0.25) is 0 Å². The van der Waals surface area contributed by atoms with Crippen LogP contribution in [0.5, 0.6) is 0 Å². The zero-order valence-corrected chi connectivity index (χ0v) is 10.6. The second kappa shape index (κ2) is 6.38. The summed E-state index contributed by atoms with van der Waals surface area (Å²) in [6, 6.07) is 2.09. The zero-order valence-electron chi connectivity index (χ0n) is 10.6. The monoisotopic (exact) mass is 231 g/mol. The molecule has 92 valence electrons. The molecule has 0 bridgehead atoms. The van der Waals surface area contributed by atoms with Crippen LogP contribution in [0.3, 0.4) is 0 Å². The molecule has 17 heavy (non-hydrogen) atoms. The first-order valence-electron chi connectivity index (χ1n) is 6.63. The van der Waals surface area contributed by atoms with E-state index in [9.17, 15) is 0 Å². The van der Waals surface area contributed by atoms with Gasteiger partial charge in [-0.2, -0.15) is 0 Å². The van der Waals surface area contributed by atoms with Gasteiger partial charge in [0.25, 0.3) is 0 Å². The number of anilines is 1.